The predicted octanol–water partition coefficient (Wildman–Crippen LogP) is 4.54. The summed E-state index contributed by atoms with van der Waals surface area (Å²) in [4.78, 5) is 29.6. The fourth-order valence-electron chi connectivity index (χ4n) is 8.40. The molecule has 4 aliphatic heterocycles. The number of nitrogens with two attached hydrogens (primary N) is 1. The molecule has 17 heteroatoms. The Morgan fingerprint density at radius 2 is 1.87 bits per heavy atom. The van der Waals surface area contributed by atoms with Gasteiger partial charge >= 0.3 is 5.97 Å². The Morgan fingerprint density at radius 1 is 1.10 bits per heavy atom. The van der Waals surface area contributed by atoms with E-state index in [0.29, 0.717) is 24.3 Å². The number of hydrogen-bond acceptors (Lipinski definition) is 15. The molecule has 15 nitrogen and oxygen atoms in total. The first-order chi connectivity index (χ1) is 29.8. The van der Waals surface area contributed by atoms with Crippen LogP contribution in [0.2, 0.25) is 0 Å². The quantitative estimate of drug-likeness (QED) is 0.123. The van der Waals surface area contributed by atoms with Crippen LogP contribution in [-0.4, -0.2) is 116 Å². The van der Waals surface area contributed by atoms with Crippen LogP contribution < -0.4 is 20.5 Å². The van der Waals surface area contributed by atoms with Gasteiger partial charge < -0.3 is 55.3 Å². The molecule has 0 aromatic heterocycles. The van der Waals surface area contributed by atoms with E-state index in [9.17, 15) is 40.2 Å². The maximum absolute atomic E-state index is 12.7. The van der Waals surface area contributed by atoms with Crippen molar-refractivity contribution in [3.8, 4) is 17.2 Å². The van der Waals surface area contributed by atoms with Crippen LogP contribution in [0, 0.1) is 17.8 Å². The number of hydrogen-bond donors (Lipinski definition) is 8. The monoisotopic (exact) mass is 889 g/mol. The maximum atomic E-state index is 12.7. The van der Waals surface area contributed by atoms with Crippen LogP contribution in [0.1, 0.15) is 42.5 Å². The molecule has 330 valence electrons. The summed E-state index contributed by atoms with van der Waals surface area (Å²) < 4.78 is 24.0. The van der Waals surface area contributed by atoms with Crippen molar-refractivity contribution in [2.75, 3.05) is 24.8 Å². The highest BCUT2D eigenvalue weighted by Gasteiger charge is 2.63. The molecule has 0 bridgehead atoms. The largest absolute Gasteiger partial charge is 0.508 e. The number of aliphatic imine (C=N–C) groups is 1. The van der Waals surface area contributed by atoms with Crippen LogP contribution in [0.4, 0.5) is 0 Å². The summed E-state index contributed by atoms with van der Waals surface area (Å²) in [6.45, 7) is 4.98. The van der Waals surface area contributed by atoms with E-state index in [-0.39, 0.29) is 64.4 Å². The topological polar surface area (TPSA) is 243 Å². The third kappa shape index (κ3) is 9.40. The highest BCUT2D eigenvalue weighted by molar-refractivity contribution is 8.76. The molecule has 10 atom stereocenters. The molecule has 1 amide bonds. The third-order valence-electron chi connectivity index (χ3n) is 11.8. The first-order valence-electron chi connectivity index (χ1n) is 20.3. The summed E-state index contributed by atoms with van der Waals surface area (Å²) in [5.41, 5.74) is 7.08. The van der Waals surface area contributed by atoms with Crippen LogP contribution in [-0.2, 0) is 25.5 Å². The number of aryl methyl sites for hydroxylation is 1. The normalized spacial score (nSPS) is 29.7. The molecule has 3 aromatic carbocycles. The van der Waals surface area contributed by atoms with E-state index in [4.69, 9.17) is 24.7 Å². The van der Waals surface area contributed by atoms with Gasteiger partial charge in [-0.1, -0.05) is 90.1 Å². The number of amides is 1. The minimum atomic E-state index is -2.64. The van der Waals surface area contributed by atoms with Crippen molar-refractivity contribution in [3.63, 3.8) is 0 Å². The number of fused-ring (bicyclic) bond motifs is 2. The van der Waals surface area contributed by atoms with Gasteiger partial charge in [-0.15, -0.1) is 0 Å². The number of rotatable bonds is 11. The number of nitrogens with zero attached hydrogens (tertiary/aromatic N) is 1. The number of primary amides is 1. The van der Waals surface area contributed by atoms with E-state index in [1.54, 1.807) is 0 Å². The second-order valence-electron chi connectivity index (χ2n) is 15.6. The average Bonchev–Trinajstić information content (AvgIpc) is 3.79. The molecule has 10 unspecified atom stereocenters. The molecule has 2 saturated heterocycles. The van der Waals surface area contributed by atoms with Crippen LogP contribution >= 0.6 is 21.6 Å². The van der Waals surface area contributed by atoms with Crippen molar-refractivity contribution in [1.29, 1.82) is 0 Å². The van der Waals surface area contributed by atoms with E-state index >= 15 is 0 Å². The zero-order chi connectivity index (χ0) is 44.1. The summed E-state index contributed by atoms with van der Waals surface area (Å²) in [6.07, 6.45) is -1.19. The van der Waals surface area contributed by atoms with Gasteiger partial charge in [-0.05, 0) is 77.1 Å². The Balaban J connectivity index is 1.20. The number of aromatic hydroxyl groups is 1. The fourth-order valence-corrected chi connectivity index (χ4v) is 10.5. The molecule has 0 radical (unpaired) electrons. The number of nitrogens with one attached hydrogen (secondary N) is 1. The average molecular weight is 890 g/mol. The van der Waals surface area contributed by atoms with Crippen LogP contribution in [0.25, 0.3) is 17.4 Å². The zero-order valence-electron chi connectivity index (χ0n) is 34.1. The summed E-state index contributed by atoms with van der Waals surface area (Å²) in [5, 5.41) is 70.6. The SMILES string of the molecule is CCc1ccccc1C=CCC(C)C1CNC(O)C2(O)C(Oc3ccc4c(c3)OC(C(N)=O)C(c3ccc(O)cc3)=C4O)OC(C(=O)O)C(O)C2OCSSCC1C1=CCN=C1. The maximum Gasteiger partial charge on any atom is 0.335 e. The fraction of sp³-hybridized carbons (Fsp3) is 0.400. The summed E-state index contributed by atoms with van der Waals surface area (Å²) in [6, 6.07) is 18.0. The first kappa shape index (κ1) is 45.2. The Labute approximate surface area is 366 Å². The van der Waals surface area contributed by atoms with Crippen LogP contribution in [0.3, 0.4) is 0 Å². The van der Waals surface area contributed by atoms with Crippen molar-refractivity contribution in [2.45, 2.75) is 69.2 Å². The molecular weight excluding hydrogens is 839 g/mol. The molecular formula is C45H51N3O12S2. The second kappa shape index (κ2) is 19.7. The van der Waals surface area contributed by atoms with E-state index in [0.717, 1.165) is 17.6 Å². The van der Waals surface area contributed by atoms with Crippen LogP contribution in [0.15, 0.2) is 89.4 Å². The number of carboxylic acid groups (broad SMARTS) is 1. The van der Waals surface area contributed by atoms with Crippen molar-refractivity contribution in [3.05, 3.63) is 107 Å². The van der Waals surface area contributed by atoms with Crippen molar-refractivity contribution in [1.82, 2.24) is 5.32 Å². The number of carboxylic acids is 1. The highest BCUT2D eigenvalue weighted by atomic mass is 33.1. The van der Waals surface area contributed by atoms with E-state index in [1.165, 1.54) is 69.6 Å². The van der Waals surface area contributed by atoms with E-state index in [1.807, 2.05) is 18.3 Å². The van der Waals surface area contributed by atoms with Crippen LogP contribution in [0.5, 0.6) is 17.2 Å². The van der Waals surface area contributed by atoms with Gasteiger partial charge in [-0.25, -0.2) is 4.79 Å². The van der Waals surface area contributed by atoms with Crippen molar-refractivity contribution >= 4 is 57.1 Å². The van der Waals surface area contributed by atoms with Gasteiger partial charge in [0.2, 0.25) is 12.4 Å². The molecule has 3 aromatic rings. The van der Waals surface area contributed by atoms with Gasteiger partial charge in [0.05, 0.1) is 17.7 Å². The van der Waals surface area contributed by atoms with E-state index in [2.05, 4.69) is 54.5 Å². The molecule has 0 aliphatic carbocycles. The molecule has 4 aliphatic rings. The first-order valence-corrected chi connectivity index (χ1v) is 22.8. The highest BCUT2D eigenvalue weighted by Crippen LogP contribution is 2.44. The lowest BCUT2D eigenvalue weighted by Gasteiger charge is -2.50. The summed E-state index contributed by atoms with van der Waals surface area (Å²) in [7, 11) is 2.85. The number of carbonyl (C=O) groups is 2. The minimum Gasteiger partial charge on any atom is -0.508 e. The lowest BCUT2D eigenvalue weighted by molar-refractivity contribution is -0.342. The smallest absolute Gasteiger partial charge is 0.335 e. The molecule has 62 heavy (non-hydrogen) atoms. The number of aliphatic carboxylic acids is 1. The van der Waals surface area contributed by atoms with Gasteiger partial charge in [0.1, 0.15) is 47.4 Å². The van der Waals surface area contributed by atoms with Crippen molar-refractivity contribution in [2.24, 2.45) is 28.5 Å². The Bertz CT molecular complexity index is 2230. The number of aliphatic hydroxyl groups is 4. The number of ether oxygens (including phenoxy) is 4. The summed E-state index contributed by atoms with van der Waals surface area (Å²) in [5.74, 6) is -2.57. The molecule has 7 rings (SSSR count). The second-order valence-corrected chi connectivity index (χ2v) is 18.1. The number of benzene rings is 3. The number of phenolic OH excluding ortho intramolecular Hbond substituents is 1. The number of carbonyl (C=O) groups excluding carboxylic acids is 1. The lowest BCUT2D eigenvalue weighted by Crippen LogP contribution is -2.75. The molecule has 2 fully saturated rings. The van der Waals surface area contributed by atoms with Crippen molar-refractivity contribution < 1.29 is 59.2 Å². The molecule has 0 spiro atoms. The molecule has 0 saturated carbocycles. The van der Waals surface area contributed by atoms with Gasteiger partial charge in [-0.3, -0.25) is 15.1 Å². The lowest BCUT2D eigenvalue weighted by atomic mass is 9.77. The number of aliphatic hydroxyl groups excluding tert-OH is 3. The minimum absolute atomic E-state index is 0.0222. The molecule has 4 heterocycles. The van der Waals surface area contributed by atoms with Gasteiger partial charge in [0, 0.05) is 24.6 Å². The zero-order valence-corrected chi connectivity index (χ0v) is 35.7. The van der Waals surface area contributed by atoms with Gasteiger partial charge in [0.25, 0.3) is 5.91 Å². The Kier molecular flexibility index (Phi) is 14.3. The Hall–Kier alpha value is -4.85. The van der Waals surface area contributed by atoms with Gasteiger partial charge in [-0.2, -0.15) is 0 Å². The summed E-state index contributed by atoms with van der Waals surface area (Å²) >= 11 is 0. The van der Waals surface area contributed by atoms with E-state index < -0.39 is 54.4 Å². The standard InChI is InChI=1S/C45H51N3O12S2/c1-3-25-8-4-5-9-26(25)10-6-7-24(2)32-21-48-43(55)45(56)40(57-23-62-61-22-33(32)28-17-18-47-20-28)37(51)39(42(53)54)60-44(45)58-30-15-16-31-34(19-30)59-38(41(46)52)35(36(31)50)27-11-13-29(49)14-12-27/h4-6,8-17,19-20,24,32-33,37-40,43-44,48-51,55-56H,3,7,18,21-23H2,1-2H3,(H2,46,52)(H,53,54). The number of phenols is 1. The van der Waals surface area contributed by atoms with Gasteiger partial charge in [0.15, 0.2) is 11.7 Å². The third-order valence-corrected chi connectivity index (χ3v) is 13.9. The Morgan fingerprint density at radius 3 is 2.58 bits per heavy atom. The molecule has 9 N–H and O–H groups in total. The predicted molar refractivity (Wildman–Crippen MR) is 236 cm³/mol. The number of allylic oxidation sites excluding steroid dienone is 2.